The minimum atomic E-state index is 0.498. The topological polar surface area (TPSA) is 3.24 Å². The summed E-state index contributed by atoms with van der Waals surface area (Å²) in [5.41, 5.74) is 4.42. The van der Waals surface area contributed by atoms with Gasteiger partial charge in [-0.2, -0.15) is 0 Å². The third-order valence-electron chi connectivity index (χ3n) is 7.58. The Bertz CT molecular complexity index is 810. The molecule has 1 spiro atoms. The highest BCUT2D eigenvalue weighted by atomic mass is 32.2. The third kappa shape index (κ3) is 6.22. The molecule has 0 N–H and O–H groups in total. The van der Waals surface area contributed by atoms with Crippen molar-refractivity contribution in [2.75, 3.05) is 18.8 Å². The second-order valence-corrected chi connectivity index (χ2v) is 11.2. The molecule has 2 fully saturated rings. The van der Waals surface area contributed by atoms with Crippen molar-refractivity contribution in [1.82, 2.24) is 4.90 Å². The Kier molecular flexibility index (Phi) is 9.34. The number of thioether (sulfide) groups is 1. The summed E-state index contributed by atoms with van der Waals surface area (Å²) in [4.78, 5) is 3.67. The SMILES string of the molecule is C=C(SCC)/C(=C\C=C/C)C(=C)N1CCC2(CC1)CC(CCC)CC(c1ccccc1)C2. The van der Waals surface area contributed by atoms with Crippen molar-refractivity contribution in [2.45, 2.75) is 71.6 Å². The second kappa shape index (κ2) is 12.0. The van der Waals surface area contributed by atoms with Crippen molar-refractivity contribution in [3.63, 3.8) is 0 Å². The van der Waals surface area contributed by atoms with Gasteiger partial charge >= 0.3 is 0 Å². The lowest BCUT2D eigenvalue weighted by atomic mass is 9.59. The molecule has 32 heavy (non-hydrogen) atoms. The van der Waals surface area contributed by atoms with E-state index >= 15 is 0 Å². The van der Waals surface area contributed by atoms with Crippen LogP contribution in [0.25, 0.3) is 0 Å². The molecule has 0 radical (unpaired) electrons. The molecular weight excluding hydrogens is 406 g/mol. The Morgan fingerprint density at radius 1 is 1.12 bits per heavy atom. The molecule has 0 aromatic heterocycles. The Labute approximate surface area is 201 Å². The summed E-state index contributed by atoms with van der Waals surface area (Å²) < 4.78 is 0. The molecule has 1 saturated heterocycles. The highest BCUT2D eigenvalue weighted by molar-refractivity contribution is 8.03. The van der Waals surface area contributed by atoms with Crippen molar-refractivity contribution in [3.05, 3.63) is 83.5 Å². The van der Waals surface area contributed by atoms with Gasteiger partial charge in [-0.1, -0.05) is 88.4 Å². The molecule has 2 unspecified atom stereocenters. The van der Waals surface area contributed by atoms with Crippen LogP contribution in [0.3, 0.4) is 0 Å². The molecule has 2 aliphatic rings. The molecule has 1 heterocycles. The fourth-order valence-electron chi connectivity index (χ4n) is 6.02. The zero-order valence-electron chi connectivity index (χ0n) is 20.6. The molecule has 0 amide bonds. The molecule has 1 aliphatic carbocycles. The first kappa shape index (κ1) is 25.0. The van der Waals surface area contributed by atoms with Gasteiger partial charge in [0.05, 0.1) is 0 Å². The van der Waals surface area contributed by atoms with Gasteiger partial charge in [0.15, 0.2) is 0 Å². The van der Waals surface area contributed by atoms with Gasteiger partial charge in [-0.3, -0.25) is 0 Å². The number of allylic oxidation sites excluding steroid dienone is 4. The van der Waals surface area contributed by atoms with Crippen LogP contribution in [0.1, 0.15) is 77.2 Å². The first-order valence-corrected chi connectivity index (χ1v) is 13.6. The molecule has 0 bridgehead atoms. The van der Waals surface area contributed by atoms with Crippen LogP contribution in [0.5, 0.6) is 0 Å². The van der Waals surface area contributed by atoms with Crippen LogP contribution in [0.2, 0.25) is 0 Å². The van der Waals surface area contributed by atoms with Gasteiger partial charge in [0.25, 0.3) is 0 Å². The zero-order chi connectivity index (χ0) is 23.0. The first-order chi connectivity index (χ1) is 15.5. The Hall–Kier alpha value is -1.67. The second-order valence-electron chi connectivity index (χ2n) is 9.80. The van der Waals surface area contributed by atoms with Crippen LogP contribution in [-0.2, 0) is 0 Å². The lowest BCUT2D eigenvalue weighted by Gasteiger charge is -2.50. The van der Waals surface area contributed by atoms with E-state index in [1.807, 2.05) is 11.8 Å². The van der Waals surface area contributed by atoms with E-state index in [9.17, 15) is 0 Å². The van der Waals surface area contributed by atoms with Gasteiger partial charge in [0.1, 0.15) is 0 Å². The largest absolute Gasteiger partial charge is 0.371 e. The predicted molar refractivity (Wildman–Crippen MR) is 144 cm³/mol. The smallest absolute Gasteiger partial charge is 0.0377 e. The molecule has 1 aromatic carbocycles. The average Bonchev–Trinajstić information content (AvgIpc) is 2.80. The molecule has 1 saturated carbocycles. The van der Waals surface area contributed by atoms with E-state index in [0.717, 1.165) is 41.3 Å². The van der Waals surface area contributed by atoms with E-state index in [4.69, 9.17) is 0 Å². The summed E-state index contributed by atoms with van der Waals surface area (Å²) in [5.74, 6) is 2.64. The highest BCUT2D eigenvalue weighted by Gasteiger charge is 2.42. The van der Waals surface area contributed by atoms with E-state index in [2.05, 4.69) is 87.4 Å². The van der Waals surface area contributed by atoms with E-state index in [-0.39, 0.29) is 0 Å². The summed E-state index contributed by atoms with van der Waals surface area (Å²) >= 11 is 1.82. The fourth-order valence-corrected chi connectivity index (χ4v) is 6.71. The van der Waals surface area contributed by atoms with Gasteiger partial charge in [-0.25, -0.2) is 0 Å². The molecule has 1 aliphatic heterocycles. The molecule has 2 atom stereocenters. The normalized spacial score (nSPS) is 23.6. The maximum Gasteiger partial charge on any atom is 0.0377 e. The summed E-state index contributed by atoms with van der Waals surface area (Å²) in [6.07, 6.45) is 15.8. The quantitative estimate of drug-likeness (QED) is 0.347. The van der Waals surface area contributed by atoms with Gasteiger partial charge in [-0.05, 0) is 67.6 Å². The molecular formula is C30H43NS. The Morgan fingerprint density at radius 3 is 2.47 bits per heavy atom. The number of rotatable bonds is 9. The molecule has 1 aromatic rings. The molecule has 2 heteroatoms. The summed E-state index contributed by atoms with van der Waals surface area (Å²) in [6.45, 7) is 17.7. The maximum absolute atomic E-state index is 4.53. The molecule has 174 valence electrons. The van der Waals surface area contributed by atoms with Crippen LogP contribution in [0, 0.1) is 11.3 Å². The van der Waals surface area contributed by atoms with Crippen molar-refractivity contribution < 1.29 is 0 Å². The number of nitrogens with zero attached hydrogens (tertiary/aromatic N) is 1. The van der Waals surface area contributed by atoms with Crippen LogP contribution in [0.4, 0.5) is 0 Å². The fraction of sp³-hybridized carbons (Fsp3) is 0.533. The average molecular weight is 450 g/mol. The minimum Gasteiger partial charge on any atom is -0.371 e. The number of piperidine rings is 1. The first-order valence-electron chi connectivity index (χ1n) is 12.7. The standard InChI is InChI=1S/C30H43NS/c1-6-9-16-29(25(5)32-8-3)24(4)31-19-17-30(18-20-31)22-26(13-7-2)21-28(23-30)27-14-11-10-12-15-27/h6,9-12,14-16,26,28H,4-5,7-8,13,17-23H2,1-3H3/b9-6-,29-16-. The van der Waals surface area contributed by atoms with E-state index in [1.165, 1.54) is 50.5 Å². The third-order valence-corrected chi connectivity index (χ3v) is 8.43. The van der Waals surface area contributed by atoms with E-state index in [0.29, 0.717) is 5.41 Å². The van der Waals surface area contributed by atoms with Crippen LogP contribution < -0.4 is 0 Å². The highest BCUT2D eigenvalue weighted by Crippen LogP contribution is 2.53. The predicted octanol–water partition coefficient (Wildman–Crippen LogP) is 8.74. The van der Waals surface area contributed by atoms with Crippen molar-refractivity contribution in [1.29, 1.82) is 0 Å². The van der Waals surface area contributed by atoms with Gasteiger partial charge < -0.3 is 4.90 Å². The van der Waals surface area contributed by atoms with Crippen molar-refractivity contribution >= 4 is 11.8 Å². The number of hydrogen-bond donors (Lipinski definition) is 0. The van der Waals surface area contributed by atoms with Gasteiger partial charge in [0.2, 0.25) is 0 Å². The van der Waals surface area contributed by atoms with E-state index < -0.39 is 0 Å². The van der Waals surface area contributed by atoms with Crippen molar-refractivity contribution in [2.24, 2.45) is 11.3 Å². The maximum atomic E-state index is 4.53. The zero-order valence-corrected chi connectivity index (χ0v) is 21.4. The molecule has 3 rings (SSSR count). The summed E-state index contributed by atoms with van der Waals surface area (Å²) in [5, 5.41) is 0. The van der Waals surface area contributed by atoms with Crippen LogP contribution in [0.15, 0.2) is 77.9 Å². The molecule has 1 nitrogen and oxygen atoms in total. The van der Waals surface area contributed by atoms with Crippen LogP contribution in [-0.4, -0.2) is 23.7 Å². The monoisotopic (exact) mass is 449 g/mol. The lowest BCUT2D eigenvalue weighted by molar-refractivity contribution is 0.0453. The Morgan fingerprint density at radius 2 is 1.84 bits per heavy atom. The number of likely N-dealkylation sites (tertiary alicyclic amines) is 1. The van der Waals surface area contributed by atoms with Gasteiger partial charge in [-0.15, -0.1) is 11.8 Å². The summed E-state index contributed by atoms with van der Waals surface area (Å²) in [7, 11) is 0. The van der Waals surface area contributed by atoms with Crippen molar-refractivity contribution in [3.8, 4) is 0 Å². The van der Waals surface area contributed by atoms with E-state index in [1.54, 1.807) is 5.56 Å². The Balaban J connectivity index is 1.72. The number of hydrogen-bond acceptors (Lipinski definition) is 2. The van der Waals surface area contributed by atoms with Gasteiger partial charge in [0, 0.05) is 29.3 Å². The minimum absolute atomic E-state index is 0.498. The number of benzene rings is 1. The van der Waals surface area contributed by atoms with Crippen LogP contribution >= 0.6 is 11.8 Å². The summed E-state index contributed by atoms with van der Waals surface area (Å²) in [6, 6.07) is 11.3. The lowest BCUT2D eigenvalue weighted by Crippen LogP contribution is -2.43.